The molecule has 2 aromatic carbocycles. The molecule has 31 heavy (non-hydrogen) atoms. The molecule has 162 valence electrons. The highest BCUT2D eigenvalue weighted by molar-refractivity contribution is 7.89. The second-order valence-electron chi connectivity index (χ2n) is 7.03. The van der Waals surface area contributed by atoms with Crippen LogP contribution in [0.1, 0.15) is 15.2 Å². The number of thiophene rings is 1. The van der Waals surface area contributed by atoms with E-state index in [-0.39, 0.29) is 22.9 Å². The van der Waals surface area contributed by atoms with Gasteiger partial charge in [0.25, 0.3) is 5.91 Å². The molecule has 1 aliphatic rings. The van der Waals surface area contributed by atoms with E-state index in [4.69, 9.17) is 4.74 Å². The maximum Gasteiger partial charge on any atom is 0.255 e. The largest absolute Gasteiger partial charge is 0.378 e. The highest BCUT2D eigenvalue weighted by Crippen LogP contribution is 2.20. The first-order valence-corrected chi connectivity index (χ1v) is 12.2. The van der Waals surface area contributed by atoms with Crippen LogP contribution in [0.2, 0.25) is 0 Å². The number of sulfonamides is 1. The van der Waals surface area contributed by atoms with Gasteiger partial charge in [0.15, 0.2) is 0 Å². The Balaban J connectivity index is 1.41. The Bertz CT molecular complexity index is 1120. The topological polar surface area (TPSA) is 87.7 Å². The Morgan fingerprint density at radius 3 is 2.52 bits per heavy atom. The summed E-state index contributed by atoms with van der Waals surface area (Å²) in [5.41, 5.74) is 1.99. The van der Waals surface area contributed by atoms with Crippen molar-refractivity contribution in [1.29, 1.82) is 0 Å². The molecule has 9 heteroatoms. The first-order valence-electron chi connectivity index (χ1n) is 9.87. The normalized spacial score (nSPS) is 14.4. The van der Waals surface area contributed by atoms with Gasteiger partial charge >= 0.3 is 0 Å². The van der Waals surface area contributed by atoms with Crippen LogP contribution < -0.4 is 14.9 Å². The molecule has 7 nitrogen and oxygen atoms in total. The van der Waals surface area contributed by atoms with Crippen molar-refractivity contribution in [3.8, 4) is 0 Å². The van der Waals surface area contributed by atoms with Crippen LogP contribution in [-0.4, -0.2) is 40.6 Å². The average Bonchev–Trinajstić information content (AvgIpc) is 3.33. The molecule has 0 bridgehead atoms. The van der Waals surface area contributed by atoms with E-state index in [1.54, 1.807) is 12.1 Å². The number of morpholine rings is 1. The van der Waals surface area contributed by atoms with Crippen LogP contribution in [-0.2, 0) is 21.3 Å². The number of nitrogens with one attached hydrogen (secondary N) is 2. The first-order chi connectivity index (χ1) is 15.0. The molecule has 2 N–H and O–H groups in total. The molecule has 3 aromatic rings. The number of carbonyl (C=O) groups excluding carboxylic acids is 1. The summed E-state index contributed by atoms with van der Waals surface area (Å²) in [6.07, 6.45) is 0. The van der Waals surface area contributed by atoms with E-state index >= 15 is 0 Å². The van der Waals surface area contributed by atoms with Gasteiger partial charge in [0.2, 0.25) is 10.0 Å². The van der Waals surface area contributed by atoms with Crippen LogP contribution >= 0.6 is 11.3 Å². The van der Waals surface area contributed by atoms with Gasteiger partial charge in [0, 0.05) is 41.4 Å². The van der Waals surface area contributed by atoms with Crippen LogP contribution in [0.15, 0.2) is 70.9 Å². The van der Waals surface area contributed by atoms with Crippen LogP contribution in [0.25, 0.3) is 0 Å². The van der Waals surface area contributed by atoms with Crippen LogP contribution in [0.5, 0.6) is 0 Å². The number of carbonyl (C=O) groups is 1. The molecule has 0 unspecified atom stereocenters. The molecular weight excluding hydrogens is 434 g/mol. The number of ether oxygens (including phenoxy) is 1. The molecule has 2 heterocycles. The van der Waals surface area contributed by atoms with Gasteiger partial charge in [0.05, 0.1) is 18.1 Å². The van der Waals surface area contributed by atoms with E-state index in [9.17, 15) is 13.2 Å². The summed E-state index contributed by atoms with van der Waals surface area (Å²) in [6, 6.07) is 17.3. The van der Waals surface area contributed by atoms with E-state index in [2.05, 4.69) is 14.9 Å². The predicted molar refractivity (Wildman–Crippen MR) is 122 cm³/mol. The van der Waals surface area contributed by atoms with Crippen molar-refractivity contribution in [2.24, 2.45) is 0 Å². The number of benzene rings is 2. The van der Waals surface area contributed by atoms with Gasteiger partial charge in [0.1, 0.15) is 0 Å². The van der Waals surface area contributed by atoms with Gasteiger partial charge in [-0.15, -0.1) is 11.3 Å². The average molecular weight is 458 g/mol. The summed E-state index contributed by atoms with van der Waals surface area (Å²) >= 11 is 1.48. The summed E-state index contributed by atoms with van der Waals surface area (Å²) < 4.78 is 33.1. The Morgan fingerprint density at radius 1 is 1.03 bits per heavy atom. The zero-order chi connectivity index (χ0) is 21.7. The zero-order valence-electron chi connectivity index (χ0n) is 16.8. The summed E-state index contributed by atoms with van der Waals surface area (Å²) in [4.78, 5) is 15.9. The van der Waals surface area contributed by atoms with Crippen molar-refractivity contribution in [2.75, 3.05) is 36.5 Å². The fourth-order valence-electron chi connectivity index (χ4n) is 3.25. The smallest absolute Gasteiger partial charge is 0.255 e. The monoisotopic (exact) mass is 457 g/mol. The standard InChI is InChI=1S/C22H23N3O4S2/c26-22(24-18-6-8-19(9-7-18)25-10-12-29-13-11-25)17-3-1-5-21(15-17)31(27,28)23-16-20-4-2-14-30-20/h1-9,14-15,23H,10-13,16H2,(H,24,26). The Labute approximate surface area is 185 Å². The van der Waals surface area contributed by atoms with Gasteiger partial charge < -0.3 is 15.0 Å². The van der Waals surface area contributed by atoms with Crippen molar-refractivity contribution in [1.82, 2.24) is 4.72 Å². The Kier molecular flexibility index (Phi) is 6.67. The van der Waals surface area contributed by atoms with E-state index in [1.807, 2.05) is 41.8 Å². The van der Waals surface area contributed by atoms with E-state index in [0.717, 1.165) is 23.7 Å². The number of anilines is 2. The second kappa shape index (κ2) is 9.61. The number of nitrogens with zero attached hydrogens (tertiary/aromatic N) is 1. The summed E-state index contributed by atoms with van der Waals surface area (Å²) in [6.45, 7) is 3.31. The predicted octanol–water partition coefficient (Wildman–Crippen LogP) is 3.32. The number of hydrogen-bond acceptors (Lipinski definition) is 6. The summed E-state index contributed by atoms with van der Waals surface area (Å²) in [5, 5.41) is 4.72. The van der Waals surface area contributed by atoms with Gasteiger partial charge in [-0.05, 0) is 53.9 Å². The van der Waals surface area contributed by atoms with Crippen molar-refractivity contribution in [3.05, 3.63) is 76.5 Å². The fraction of sp³-hybridized carbons (Fsp3) is 0.227. The zero-order valence-corrected chi connectivity index (χ0v) is 18.4. The minimum absolute atomic E-state index is 0.0550. The highest BCUT2D eigenvalue weighted by atomic mass is 32.2. The molecule has 0 saturated carbocycles. The van der Waals surface area contributed by atoms with Gasteiger partial charge in [-0.3, -0.25) is 4.79 Å². The molecule has 1 aliphatic heterocycles. The number of rotatable bonds is 7. The number of hydrogen-bond donors (Lipinski definition) is 2. The maximum absolute atomic E-state index is 12.7. The van der Waals surface area contributed by atoms with Crippen molar-refractivity contribution in [2.45, 2.75) is 11.4 Å². The Hall–Kier alpha value is -2.72. The molecule has 1 amide bonds. The molecule has 0 aliphatic carbocycles. The molecule has 0 atom stereocenters. The van der Waals surface area contributed by atoms with Crippen LogP contribution in [0.4, 0.5) is 11.4 Å². The molecule has 4 rings (SSSR count). The van der Waals surface area contributed by atoms with Crippen molar-refractivity contribution >= 4 is 38.6 Å². The molecule has 1 fully saturated rings. The quantitative estimate of drug-likeness (QED) is 0.568. The SMILES string of the molecule is O=C(Nc1ccc(N2CCOCC2)cc1)c1cccc(S(=O)(=O)NCc2cccs2)c1. The number of amides is 1. The fourth-order valence-corrected chi connectivity index (χ4v) is 5.04. The van der Waals surface area contributed by atoms with Gasteiger partial charge in [-0.2, -0.15) is 0 Å². The van der Waals surface area contributed by atoms with E-state index < -0.39 is 10.0 Å². The molecule has 0 radical (unpaired) electrons. The summed E-state index contributed by atoms with van der Waals surface area (Å²) in [5.74, 6) is -0.366. The van der Waals surface area contributed by atoms with Crippen LogP contribution in [0.3, 0.4) is 0 Å². The summed E-state index contributed by atoms with van der Waals surface area (Å²) in [7, 11) is -3.72. The third-order valence-electron chi connectivity index (χ3n) is 4.92. The third kappa shape index (κ3) is 5.50. The van der Waals surface area contributed by atoms with Crippen molar-refractivity contribution in [3.63, 3.8) is 0 Å². The minimum Gasteiger partial charge on any atom is -0.378 e. The highest BCUT2D eigenvalue weighted by Gasteiger charge is 2.17. The molecule has 1 saturated heterocycles. The lowest BCUT2D eigenvalue weighted by Crippen LogP contribution is -2.36. The lowest BCUT2D eigenvalue weighted by Gasteiger charge is -2.28. The van der Waals surface area contributed by atoms with Gasteiger partial charge in [-0.25, -0.2) is 13.1 Å². The van der Waals surface area contributed by atoms with Gasteiger partial charge in [-0.1, -0.05) is 12.1 Å². The lowest BCUT2D eigenvalue weighted by atomic mass is 10.2. The van der Waals surface area contributed by atoms with E-state index in [1.165, 1.54) is 23.5 Å². The molecule has 0 spiro atoms. The Morgan fingerprint density at radius 2 is 1.81 bits per heavy atom. The van der Waals surface area contributed by atoms with Crippen LogP contribution in [0, 0.1) is 0 Å². The molecule has 1 aromatic heterocycles. The minimum atomic E-state index is -3.72. The molecular formula is C22H23N3O4S2. The van der Waals surface area contributed by atoms with E-state index in [0.29, 0.717) is 18.9 Å². The third-order valence-corrected chi connectivity index (χ3v) is 7.20. The first kappa shape index (κ1) is 21.5. The maximum atomic E-state index is 12.7. The van der Waals surface area contributed by atoms with Crippen molar-refractivity contribution < 1.29 is 17.9 Å². The lowest BCUT2D eigenvalue weighted by molar-refractivity contribution is 0.102. The second-order valence-corrected chi connectivity index (χ2v) is 9.83.